The maximum atomic E-state index is 13.1. The van der Waals surface area contributed by atoms with Gasteiger partial charge in [0.25, 0.3) is 0 Å². The van der Waals surface area contributed by atoms with Gasteiger partial charge in [-0.3, -0.25) is 9.59 Å². The molecule has 1 N–H and O–H groups in total. The van der Waals surface area contributed by atoms with Gasteiger partial charge in [-0.1, -0.05) is 17.9 Å². The average Bonchev–Trinajstić information content (AvgIpc) is 2.80. The predicted molar refractivity (Wildman–Crippen MR) is 125 cm³/mol. The third kappa shape index (κ3) is 3.84. The van der Waals surface area contributed by atoms with Crippen LogP contribution in [0.2, 0.25) is 0 Å². The molecule has 0 saturated heterocycles. The van der Waals surface area contributed by atoms with Gasteiger partial charge < -0.3 is 15.1 Å². The van der Waals surface area contributed by atoms with E-state index in [9.17, 15) is 14.7 Å². The van der Waals surface area contributed by atoms with Crippen LogP contribution in [0.4, 0.5) is 5.69 Å². The molecule has 6 nitrogen and oxygen atoms in total. The van der Waals surface area contributed by atoms with Crippen molar-refractivity contribution >= 4 is 28.6 Å². The first-order chi connectivity index (χ1) is 15.9. The molecule has 6 heteroatoms. The van der Waals surface area contributed by atoms with Crippen LogP contribution in [0.5, 0.6) is 0 Å². The molecule has 0 fully saturated rings. The number of carboxylic acid groups (broad SMARTS) is 1. The molecule has 0 bridgehead atoms. The normalized spacial score (nSPS) is 17.1. The van der Waals surface area contributed by atoms with Crippen LogP contribution in [-0.4, -0.2) is 43.5 Å². The lowest BCUT2D eigenvalue weighted by Gasteiger charge is -2.31. The number of nitrogens with zero attached hydrogens (tertiary/aromatic N) is 2. The number of anilines is 1. The van der Waals surface area contributed by atoms with Gasteiger partial charge in [-0.2, -0.15) is 0 Å². The van der Waals surface area contributed by atoms with Crippen molar-refractivity contribution in [2.45, 2.75) is 38.5 Å². The number of carboxylic acids is 1. The highest BCUT2D eigenvalue weighted by molar-refractivity contribution is 6.51. The Kier molecular flexibility index (Phi) is 5.52. The number of Topliss-reactive ketones (excluding diaryl/α,β-unsaturated/α-hetero) is 1. The summed E-state index contributed by atoms with van der Waals surface area (Å²) >= 11 is 0. The van der Waals surface area contributed by atoms with Gasteiger partial charge in [0.2, 0.25) is 5.36 Å². The molecule has 0 atom stereocenters. The largest absolute Gasteiger partial charge is 0.871 e. The molecule has 2 aromatic rings. The first-order valence-electron chi connectivity index (χ1n) is 11.7. The molecule has 3 aliphatic rings. The van der Waals surface area contributed by atoms with E-state index in [1.54, 1.807) is 12.1 Å². The van der Waals surface area contributed by atoms with E-state index in [0.717, 1.165) is 49.7 Å². The minimum absolute atomic E-state index is 0.129. The molecule has 5 rings (SSSR count). The van der Waals surface area contributed by atoms with Gasteiger partial charge in [0.15, 0.2) is 5.78 Å². The van der Waals surface area contributed by atoms with Crippen LogP contribution >= 0.6 is 0 Å². The summed E-state index contributed by atoms with van der Waals surface area (Å²) in [6.45, 7) is 2.81. The minimum Gasteiger partial charge on any atom is -0.871 e. The second kappa shape index (κ2) is 8.50. The Morgan fingerprint density at radius 3 is 2.27 bits per heavy atom. The summed E-state index contributed by atoms with van der Waals surface area (Å²) in [5.41, 5.74) is 4.68. The Balaban J connectivity index is 1.45. The van der Waals surface area contributed by atoms with E-state index < -0.39 is 5.97 Å². The zero-order chi connectivity index (χ0) is 23.1. The van der Waals surface area contributed by atoms with Gasteiger partial charge in [0.05, 0.1) is 0 Å². The lowest BCUT2D eigenvalue weighted by Crippen LogP contribution is -2.45. The van der Waals surface area contributed by atoms with Crippen LogP contribution in [-0.2, 0) is 22.4 Å². The maximum absolute atomic E-state index is 13.1. The van der Waals surface area contributed by atoms with Crippen molar-refractivity contribution in [3.8, 4) is 0 Å². The molecular formula is C27H28N2O4. The predicted octanol–water partition coefficient (Wildman–Crippen LogP) is 0.876. The monoisotopic (exact) mass is 444 g/mol. The number of carbonyl (C=O) groups excluding carboxylic acids is 1. The third-order valence-electron chi connectivity index (χ3n) is 7.01. The highest BCUT2D eigenvalue weighted by Crippen LogP contribution is 2.35. The second-order valence-electron chi connectivity index (χ2n) is 9.21. The molecule has 170 valence electrons. The number of rotatable bonds is 6. The standard InChI is InChI=1S/C27H28N2O4/c1-28(12-4-7-22(30)31)21-10-8-17(9-11-21)23-26(32)24(27(23)33)20-15-18-5-2-13-29-14-3-6-19(16-20)25(18)29/h8-11,15-16H,2-7,12-14H2,1H3,(H-,30,31,32,33). The number of hydrogen-bond donors (Lipinski definition) is 1. The number of aryl methyl sites for hydroxylation is 2. The van der Waals surface area contributed by atoms with E-state index in [1.807, 2.05) is 24.1 Å². The fourth-order valence-corrected chi connectivity index (χ4v) is 5.35. The summed E-state index contributed by atoms with van der Waals surface area (Å²) in [5.74, 6) is -1.14. The summed E-state index contributed by atoms with van der Waals surface area (Å²) < 4.78 is 2.45. The molecule has 0 radical (unpaired) electrons. The summed E-state index contributed by atoms with van der Waals surface area (Å²) in [6.07, 6.45) is 4.91. The van der Waals surface area contributed by atoms with Crippen molar-refractivity contribution in [2.75, 3.05) is 31.6 Å². The van der Waals surface area contributed by atoms with E-state index >= 15 is 0 Å². The molecule has 0 spiro atoms. The molecule has 2 aliphatic heterocycles. The fraction of sp³-hybridized carbons (Fsp3) is 0.370. The third-order valence-corrected chi connectivity index (χ3v) is 7.01. The average molecular weight is 445 g/mol. The van der Waals surface area contributed by atoms with Crippen molar-refractivity contribution in [1.82, 2.24) is 4.58 Å². The Hall–Kier alpha value is -3.41. The van der Waals surface area contributed by atoms with E-state index in [4.69, 9.17) is 5.11 Å². The van der Waals surface area contributed by atoms with E-state index in [-0.39, 0.29) is 23.5 Å². The molecule has 1 aliphatic carbocycles. The lowest BCUT2D eigenvalue weighted by molar-refractivity contribution is -0.292. The van der Waals surface area contributed by atoms with Gasteiger partial charge in [0.1, 0.15) is 13.1 Å². The molecule has 2 heterocycles. The highest BCUT2D eigenvalue weighted by Gasteiger charge is 2.30. The Morgan fingerprint density at radius 2 is 1.70 bits per heavy atom. The second-order valence-corrected chi connectivity index (χ2v) is 9.21. The van der Waals surface area contributed by atoms with Crippen LogP contribution in [0.15, 0.2) is 42.2 Å². The van der Waals surface area contributed by atoms with Crippen LogP contribution < -0.4 is 25.2 Å². The van der Waals surface area contributed by atoms with Crippen LogP contribution in [0, 0.1) is 0 Å². The Morgan fingerprint density at radius 1 is 1.06 bits per heavy atom. The molecule has 0 unspecified atom stereocenters. The van der Waals surface area contributed by atoms with Crippen LogP contribution in [0.3, 0.4) is 0 Å². The van der Waals surface area contributed by atoms with Gasteiger partial charge in [-0.05, 0) is 54.3 Å². The summed E-state index contributed by atoms with van der Waals surface area (Å²) in [7, 11) is 1.90. The van der Waals surface area contributed by atoms with Crippen molar-refractivity contribution in [2.24, 2.45) is 0 Å². The van der Waals surface area contributed by atoms with E-state index in [2.05, 4.69) is 16.7 Å². The van der Waals surface area contributed by atoms with Crippen LogP contribution in [0.1, 0.15) is 42.4 Å². The molecule has 0 amide bonds. The van der Waals surface area contributed by atoms with Gasteiger partial charge in [-0.15, -0.1) is 0 Å². The Labute approximate surface area is 192 Å². The minimum atomic E-state index is -0.801. The van der Waals surface area contributed by atoms with E-state index in [1.165, 1.54) is 16.5 Å². The first-order valence-corrected chi connectivity index (χ1v) is 11.7. The molecule has 0 aromatic heterocycles. The van der Waals surface area contributed by atoms with Gasteiger partial charge in [0, 0.05) is 60.8 Å². The lowest BCUT2D eigenvalue weighted by atomic mass is 9.81. The SMILES string of the molecule is CN(CCCC(=O)O)c1ccc(C2=C([O-])C(=c3cc4c5c(c3)CCC[N+]=5CCC4)C2=O)cc1. The first kappa shape index (κ1) is 21.4. The molecular weight excluding hydrogens is 416 g/mol. The molecule has 0 saturated carbocycles. The zero-order valence-corrected chi connectivity index (χ0v) is 18.9. The van der Waals surface area contributed by atoms with Crippen molar-refractivity contribution < 1.29 is 19.8 Å². The van der Waals surface area contributed by atoms with E-state index in [0.29, 0.717) is 24.1 Å². The number of hydrogen-bond acceptors (Lipinski definition) is 4. The topological polar surface area (TPSA) is 83.7 Å². The van der Waals surface area contributed by atoms with Crippen LogP contribution in [0.25, 0.3) is 11.1 Å². The highest BCUT2D eigenvalue weighted by atomic mass is 16.4. The Bertz CT molecular complexity index is 1270. The van der Waals surface area contributed by atoms with Crippen molar-refractivity contribution in [3.05, 3.63) is 69.4 Å². The fourth-order valence-electron chi connectivity index (χ4n) is 5.35. The van der Waals surface area contributed by atoms with Crippen molar-refractivity contribution in [3.63, 3.8) is 0 Å². The number of ketones is 1. The number of allylic oxidation sites excluding steroid dienone is 2. The summed E-state index contributed by atoms with van der Waals surface area (Å²) in [6, 6.07) is 11.5. The quantitative estimate of drug-likeness (QED) is 0.669. The number of aliphatic carboxylic acids is 1. The summed E-state index contributed by atoms with van der Waals surface area (Å²) in [4.78, 5) is 25.7. The smallest absolute Gasteiger partial charge is 0.303 e. The van der Waals surface area contributed by atoms with Crippen molar-refractivity contribution in [1.29, 1.82) is 0 Å². The number of benzene rings is 2. The molecule has 33 heavy (non-hydrogen) atoms. The zero-order valence-electron chi connectivity index (χ0n) is 18.9. The number of carbonyl (C=O) groups is 2. The van der Waals surface area contributed by atoms with Gasteiger partial charge >= 0.3 is 5.97 Å². The molecule has 2 aromatic carbocycles. The summed E-state index contributed by atoms with van der Waals surface area (Å²) in [5, 5.41) is 24.0. The maximum Gasteiger partial charge on any atom is 0.303 e. The van der Waals surface area contributed by atoms with Gasteiger partial charge in [-0.25, -0.2) is 4.58 Å².